The van der Waals surface area contributed by atoms with Gasteiger partial charge >= 0.3 is 5.97 Å². The second kappa shape index (κ2) is 7.84. The highest BCUT2D eigenvalue weighted by molar-refractivity contribution is 6.10. The second-order valence-corrected chi connectivity index (χ2v) is 6.34. The van der Waals surface area contributed by atoms with E-state index in [1.54, 1.807) is 13.2 Å². The molecule has 0 fully saturated rings. The van der Waals surface area contributed by atoms with Crippen molar-refractivity contribution in [1.29, 1.82) is 5.26 Å². The van der Waals surface area contributed by atoms with Crippen LogP contribution < -0.4 is 14.8 Å². The predicted molar refractivity (Wildman–Crippen MR) is 102 cm³/mol. The third-order valence-electron chi connectivity index (χ3n) is 4.28. The molecule has 1 amide bonds. The van der Waals surface area contributed by atoms with Gasteiger partial charge in [-0.05, 0) is 49.4 Å². The number of nitriles is 1. The van der Waals surface area contributed by atoms with Crippen molar-refractivity contribution in [2.75, 3.05) is 12.4 Å². The molecule has 28 heavy (non-hydrogen) atoms. The van der Waals surface area contributed by atoms with Crippen molar-refractivity contribution in [2.24, 2.45) is 0 Å². The van der Waals surface area contributed by atoms with Crippen LogP contribution in [0.4, 0.5) is 5.69 Å². The number of hydrogen-bond acceptors (Lipinski definition) is 5. The molecule has 1 heterocycles. The number of fused-ring (bicyclic) bond motifs is 1. The number of nitrogens with zero attached hydrogens (tertiary/aromatic N) is 1. The molecule has 1 aliphatic heterocycles. The van der Waals surface area contributed by atoms with E-state index in [9.17, 15) is 14.9 Å². The summed E-state index contributed by atoms with van der Waals surface area (Å²) in [4.78, 5) is 23.4. The molecule has 1 atom stereocenters. The van der Waals surface area contributed by atoms with Gasteiger partial charge in [-0.1, -0.05) is 0 Å². The molecule has 7 heteroatoms. The van der Waals surface area contributed by atoms with Crippen LogP contribution in [0.2, 0.25) is 0 Å². The van der Waals surface area contributed by atoms with Crippen LogP contribution in [-0.2, 0) is 11.2 Å². The first-order valence-corrected chi connectivity index (χ1v) is 8.55. The number of hydrogen-bond donors (Lipinski definition) is 2. The smallest absolute Gasteiger partial charge is 0.335 e. The molecule has 0 saturated carbocycles. The summed E-state index contributed by atoms with van der Waals surface area (Å²) in [5, 5.41) is 21.0. The molecule has 0 spiro atoms. The van der Waals surface area contributed by atoms with Crippen molar-refractivity contribution < 1.29 is 24.2 Å². The number of rotatable bonds is 5. The minimum atomic E-state index is -1.06. The molecule has 0 radical (unpaired) electrons. The van der Waals surface area contributed by atoms with Gasteiger partial charge in [0.15, 0.2) is 0 Å². The maximum absolute atomic E-state index is 12.5. The number of anilines is 1. The van der Waals surface area contributed by atoms with E-state index in [0.717, 1.165) is 12.0 Å². The van der Waals surface area contributed by atoms with Crippen molar-refractivity contribution in [3.63, 3.8) is 0 Å². The van der Waals surface area contributed by atoms with Crippen molar-refractivity contribution in [1.82, 2.24) is 0 Å². The first-order chi connectivity index (χ1) is 13.4. The van der Waals surface area contributed by atoms with Crippen LogP contribution >= 0.6 is 0 Å². The minimum absolute atomic E-state index is 0.00127. The molecule has 2 aromatic rings. The lowest BCUT2D eigenvalue weighted by Gasteiger charge is -2.10. The number of carbonyl (C=O) groups is 2. The summed E-state index contributed by atoms with van der Waals surface area (Å²) in [5.41, 5.74) is 1.93. The molecule has 0 saturated heterocycles. The first-order valence-electron chi connectivity index (χ1n) is 8.55. The Morgan fingerprint density at radius 2 is 2.04 bits per heavy atom. The zero-order chi connectivity index (χ0) is 20.3. The SMILES string of the molecule is COc1cc(/C=C(\C#N)C(=O)Nc2ccc(C(=O)O)cc2)c2c(c1)C[C@@H](C)O2. The third kappa shape index (κ3) is 3.96. The van der Waals surface area contributed by atoms with Crippen LogP contribution in [0.1, 0.15) is 28.4 Å². The van der Waals surface area contributed by atoms with Gasteiger partial charge in [-0.2, -0.15) is 5.26 Å². The Labute approximate surface area is 161 Å². The van der Waals surface area contributed by atoms with Gasteiger partial charge in [-0.15, -0.1) is 0 Å². The van der Waals surface area contributed by atoms with Crippen LogP contribution in [0.3, 0.4) is 0 Å². The monoisotopic (exact) mass is 378 g/mol. The zero-order valence-corrected chi connectivity index (χ0v) is 15.4. The van der Waals surface area contributed by atoms with E-state index >= 15 is 0 Å². The van der Waals surface area contributed by atoms with E-state index < -0.39 is 11.9 Å². The van der Waals surface area contributed by atoms with Crippen LogP contribution in [0.25, 0.3) is 6.08 Å². The van der Waals surface area contributed by atoms with Gasteiger partial charge < -0.3 is 19.9 Å². The lowest BCUT2D eigenvalue weighted by Crippen LogP contribution is -2.13. The van der Waals surface area contributed by atoms with E-state index in [-0.39, 0.29) is 17.2 Å². The van der Waals surface area contributed by atoms with Gasteiger partial charge in [0.1, 0.15) is 29.2 Å². The number of amides is 1. The molecule has 7 nitrogen and oxygen atoms in total. The number of aromatic carboxylic acids is 1. The van der Waals surface area contributed by atoms with Crippen molar-refractivity contribution in [3.05, 3.63) is 58.7 Å². The topological polar surface area (TPSA) is 109 Å². The molecule has 2 aromatic carbocycles. The Kier molecular flexibility index (Phi) is 5.32. The maximum Gasteiger partial charge on any atom is 0.335 e. The van der Waals surface area contributed by atoms with Gasteiger partial charge in [0.05, 0.1) is 12.7 Å². The summed E-state index contributed by atoms with van der Waals surface area (Å²) in [6, 6.07) is 11.2. The van der Waals surface area contributed by atoms with Crippen molar-refractivity contribution in [2.45, 2.75) is 19.4 Å². The van der Waals surface area contributed by atoms with Gasteiger partial charge in [0.2, 0.25) is 0 Å². The van der Waals surface area contributed by atoms with E-state index in [1.165, 1.54) is 30.3 Å². The van der Waals surface area contributed by atoms with Crippen LogP contribution in [-0.4, -0.2) is 30.2 Å². The number of carboxylic acids is 1. The van der Waals surface area contributed by atoms with E-state index in [4.69, 9.17) is 14.6 Å². The number of carboxylic acid groups (broad SMARTS) is 1. The standard InChI is InChI=1S/C21H18N2O5/c1-12-7-14-9-18(27-2)10-15(19(14)28-12)8-16(11-22)20(24)23-17-5-3-13(4-6-17)21(25)26/h3-6,8-10,12H,7H2,1-2H3,(H,23,24)(H,25,26)/b16-8+/t12-/m1/s1. The summed E-state index contributed by atoms with van der Waals surface area (Å²) in [5.74, 6) is -0.408. The van der Waals surface area contributed by atoms with Gasteiger partial charge in [0.25, 0.3) is 5.91 Å². The average molecular weight is 378 g/mol. The molecule has 0 aliphatic carbocycles. The third-order valence-corrected chi connectivity index (χ3v) is 4.28. The van der Waals surface area contributed by atoms with Gasteiger partial charge in [-0.3, -0.25) is 4.79 Å². The fourth-order valence-corrected chi connectivity index (χ4v) is 2.95. The summed E-state index contributed by atoms with van der Waals surface area (Å²) >= 11 is 0. The molecular formula is C21H18N2O5. The Morgan fingerprint density at radius 1 is 1.32 bits per heavy atom. The summed E-state index contributed by atoms with van der Waals surface area (Å²) in [6.07, 6.45) is 2.18. The maximum atomic E-state index is 12.5. The van der Waals surface area contributed by atoms with Crippen molar-refractivity contribution >= 4 is 23.6 Å². The molecule has 142 valence electrons. The largest absolute Gasteiger partial charge is 0.497 e. The lowest BCUT2D eigenvalue weighted by molar-refractivity contribution is -0.112. The van der Waals surface area contributed by atoms with E-state index in [0.29, 0.717) is 22.7 Å². The number of methoxy groups -OCH3 is 1. The van der Waals surface area contributed by atoms with Gasteiger partial charge in [-0.25, -0.2) is 4.79 Å². The van der Waals surface area contributed by atoms with Crippen LogP contribution in [0.5, 0.6) is 11.5 Å². The Bertz CT molecular complexity index is 1000. The predicted octanol–water partition coefficient (Wildman–Crippen LogP) is 3.26. The Morgan fingerprint density at radius 3 is 2.64 bits per heavy atom. The first kappa shape index (κ1) is 19.0. The summed E-state index contributed by atoms with van der Waals surface area (Å²) in [6.45, 7) is 1.94. The molecule has 3 rings (SSSR count). The number of carbonyl (C=O) groups excluding carboxylic acids is 1. The molecule has 0 aromatic heterocycles. The van der Waals surface area contributed by atoms with E-state index in [1.807, 2.05) is 19.1 Å². The fourth-order valence-electron chi connectivity index (χ4n) is 2.95. The molecule has 1 aliphatic rings. The van der Waals surface area contributed by atoms with Crippen LogP contribution in [0, 0.1) is 11.3 Å². The molecule has 0 bridgehead atoms. The Balaban J connectivity index is 1.88. The number of ether oxygens (including phenoxy) is 2. The zero-order valence-electron chi connectivity index (χ0n) is 15.4. The summed E-state index contributed by atoms with van der Waals surface area (Å²) in [7, 11) is 1.55. The Hall–Kier alpha value is -3.79. The van der Waals surface area contributed by atoms with Crippen LogP contribution in [0.15, 0.2) is 42.0 Å². The fraction of sp³-hybridized carbons (Fsp3) is 0.190. The molecule has 0 unspecified atom stereocenters. The average Bonchev–Trinajstić information content (AvgIpc) is 3.06. The lowest BCUT2D eigenvalue weighted by atomic mass is 10.0. The number of nitrogens with one attached hydrogen (secondary N) is 1. The van der Waals surface area contributed by atoms with Crippen molar-refractivity contribution in [3.8, 4) is 17.6 Å². The molecule has 2 N–H and O–H groups in total. The number of benzene rings is 2. The minimum Gasteiger partial charge on any atom is -0.497 e. The normalized spacial score (nSPS) is 15.2. The highest BCUT2D eigenvalue weighted by Gasteiger charge is 2.23. The highest BCUT2D eigenvalue weighted by atomic mass is 16.5. The quantitative estimate of drug-likeness (QED) is 0.611. The molecular weight excluding hydrogens is 360 g/mol. The highest BCUT2D eigenvalue weighted by Crippen LogP contribution is 2.37. The van der Waals surface area contributed by atoms with Gasteiger partial charge in [0, 0.05) is 23.2 Å². The van der Waals surface area contributed by atoms with E-state index in [2.05, 4.69) is 5.32 Å². The summed E-state index contributed by atoms with van der Waals surface area (Å²) < 4.78 is 11.1. The second-order valence-electron chi connectivity index (χ2n) is 6.34.